The van der Waals surface area contributed by atoms with Gasteiger partial charge >= 0.3 is 0 Å². The van der Waals surface area contributed by atoms with Crippen LogP contribution in [0.4, 0.5) is 0 Å². The molecule has 2 saturated heterocycles. The number of allylic oxidation sites excluding steroid dienone is 2. The van der Waals surface area contributed by atoms with E-state index in [1.165, 1.54) is 31.0 Å². The molecule has 0 aromatic heterocycles. The molecule has 2 aliphatic rings. The minimum absolute atomic E-state index is 0.0378. The van der Waals surface area contributed by atoms with Crippen molar-refractivity contribution in [1.29, 1.82) is 0 Å². The average Bonchev–Trinajstić information content (AvgIpc) is 2.65. The number of piperidine rings is 1. The Kier molecular flexibility index (Phi) is 4.83. The van der Waals surface area contributed by atoms with E-state index in [0.717, 1.165) is 18.0 Å². The lowest BCUT2D eigenvalue weighted by atomic mass is 10.1. The van der Waals surface area contributed by atoms with Crippen LogP contribution in [-0.2, 0) is 4.79 Å². The van der Waals surface area contributed by atoms with E-state index in [2.05, 4.69) is 11.1 Å². The molecule has 98 valence electrons. The van der Waals surface area contributed by atoms with Crippen LogP contribution in [0.3, 0.4) is 0 Å². The van der Waals surface area contributed by atoms with Gasteiger partial charge in [0.05, 0.1) is 4.91 Å². The van der Waals surface area contributed by atoms with Crippen molar-refractivity contribution in [3.8, 4) is 0 Å². The number of rotatable bonds is 3. The smallest absolute Gasteiger partial charge is 0.266 e. The van der Waals surface area contributed by atoms with Crippen molar-refractivity contribution < 1.29 is 4.79 Å². The number of carbonyl (C=O) groups is 1. The summed E-state index contributed by atoms with van der Waals surface area (Å²) in [6.07, 6.45) is 9.79. The fraction of sp³-hybridized carbons (Fsp3) is 0.538. The van der Waals surface area contributed by atoms with Crippen molar-refractivity contribution in [3.05, 3.63) is 23.3 Å². The zero-order chi connectivity index (χ0) is 13.0. The standard InChI is InChI=1S/C13H18N2OS2/c1-2-15-12(16)11(18-13(15)17)7-6-10-14-8-4-3-5-9-14/h6-7,10H,2-5,8-9H2,1H3/b10-6+,11-7-. The van der Waals surface area contributed by atoms with Crippen molar-refractivity contribution in [3.63, 3.8) is 0 Å². The van der Waals surface area contributed by atoms with Crippen LogP contribution < -0.4 is 0 Å². The van der Waals surface area contributed by atoms with Gasteiger partial charge < -0.3 is 4.90 Å². The summed E-state index contributed by atoms with van der Waals surface area (Å²) in [7, 11) is 0. The van der Waals surface area contributed by atoms with Gasteiger partial charge in [-0.1, -0.05) is 24.0 Å². The van der Waals surface area contributed by atoms with Gasteiger partial charge in [-0.3, -0.25) is 9.69 Å². The molecule has 0 aliphatic carbocycles. The van der Waals surface area contributed by atoms with Crippen LogP contribution in [0.2, 0.25) is 0 Å². The third kappa shape index (κ3) is 3.14. The summed E-state index contributed by atoms with van der Waals surface area (Å²) in [6, 6.07) is 0. The monoisotopic (exact) mass is 282 g/mol. The number of likely N-dealkylation sites (tertiary alicyclic amines) is 1. The molecule has 2 aliphatic heterocycles. The number of nitrogens with zero attached hydrogens (tertiary/aromatic N) is 2. The minimum Gasteiger partial charge on any atom is -0.377 e. The maximum Gasteiger partial charge on any atom is 0.266 e. The van der Waals surface area contributed by atoms with Gasteiger partial charge in [-0.25, -0.2) is 0 Å². The Labute approximate surface area is 118 Å². The predicted octanol–water partition coefficient (Wildman–Crippen LogP) is 2.75. The molecule has 0 spiro atoms. The van der Waals surface area contributed by atoms with Crippen LogP contribution in [0.5, 0.6) is 0 Å². The number of thiocarbonyl (C=S) groups is 1. The Morgan fingerprint density at radius 1 is 1.33 bits per heavy atom. The molecule has 1 amide bonds. The Balaban J connectivity index is 1.95. The zero-order valence-corrected chi connectivity index (χ0v) is 12.2. The van der Waals surface area contributed by atoms with Crippen LogP contribution in [0.15, 0.2) is 23.3 Å². The maximum atomic E-state index is 11.9. The van der Waals surface area contributed by atoms with E-state index in [0.29, 0.717) is 10.9 Å². The first kappa shape index (κ1) is 13.6. The number of hydrogen-bond donors (Lipinski definition) is 0. The molecule has 0 aromatic rings. The highest BCUT2D eigenvalue weighted by Gasteiger charge is 2.29. The van der Waals surface area contributed by atoms with Crippen molar-refractivity contribution in [2.24, 2.45) is 0 Å². The molecular weight excluding hydrogens is 264 g/mol. The van der Waals surface area contributed by atoms with Crippen molar-refractivity contribution in [2.45, 2.75) is 26.2 Å². The molecule has 3 nitrogen and oxygen atoms in total. The molecule has 0 bridgehead atoms. The topological polar surface area (TPSA) is 23.6 Å². The Morgan fingerprint density at radius 3 is 2.67 bits per heavy atom. The summed E-state index contributed by atoms with van der Waals surface area (Å²) < 4.78 is 0.667. The van der Waals surface area contributed by atoms with Gasteiger partial charge in [0.15, 0.2) is 0 Å². The SMILES string of the molecule is CCN1C(=O)/C(=C/C=C/N2CCCCC2)SC1=S. The van der Waals surface area contributed by atoms with E-state index in [1.54, 1.807) is 4.90 Å². The van der Waals surface area contributed by atoms with Crippen LogP contribution >= 0.6 is 24.0 Å². The van der Waals surface area contributed by atoms with E-state index in [1.807, 2.05) is 19.1 Å². The molecular formula is C13H18N2OS2. The Bertz CT molecular complexity index is 398. The van der Waals surface area contributed by atoms with Gasteiger partial charge in [-0.15, -0.1) is 0 Å². The van der Waals surface area contributed by atoms with Crippen molar-refractivity contribution in [1.82, 2.24) is 9.80 Å². The molecule has 0 radical (unpaired) electrons. The van der Waals surface area contributed by atoms with E-state index in [9.17, 15) is 4.79 Å². The van der Waals surface area contributed by atoms with E-state index >= 15 is 0 Å². The summed E-state index contributed by atoms with van der Waals surface area (Å²) in [6.45, 7) is 4.84. The number of amides is 1. The van der Waals surface area contributed by atoms with Gasteiger partial charge in [-0.2, -0.15) is 0 Å². The second-order valence-corrected chi connectivity index (χ2v) is 6.06. The summed E-state index contributed by atoms with van der Waals surface area (Å²) in [5.74, 6) is 0.0378. The third-order valence-corrected chi connectivity index (χ3v) is 4.52. The first-order valence-corrected chi connectivity index (χ1v) is 7.61. The van der Waals surface area contributed by atoms with Crippen LogP contribution in [0, 0.1) is 0 Å². The largest absolute Gasteiger partial charge is 0.377 e. The average molecular weight is 282 g/mol. The van der Waals surface area contributed by atoms with Crippen LogP contribution in [0.25, 0.3) is 0 Å². The fourth-order valence-electron chi connectivity index (χ4n) is 2.11. The first-order chi connectivity index (χ1) is 8.72. The molecule has 0 aromatic carbocycles. The summed E-state index contributed by atoms with van der Waals surface area (Å²) in [5.41, 5.74) is 0. The third-order valence-electron chi connectivity index (χ3n) is 3.12. The maximum absolute atomic E-state index is 11.9. The zero-order valence-electron chi connectivity index (χ0n) is 10.6. The Hall–Kier alpha value is -0.810. The van der Waals surface area contributed by atoms with E-state index < -0.39 is 0 Å². The summed E-state index contributed by atoms with van der Waals surface area (Å²) in [4.78, 5) is 16.6. The molecule has 18 heavy (non-hydrogen) atoms. The summed E-state index contributed by atoms with van der Waals surface area (Å²) >= 11 is 6.55. The lowest BCUT2D eigenvalue weighted by molar-refractivity contribution is -0.122. The molecule has 0 N–H and O–H groups in total. The van der Waals surface area contributed by atoms with Gasteiger partial charge in [-0.05, 0) is 44.5 Å². The highest BCUT2D eigenvalue weighted by Crippen LogP contribution is 2.30. The normalized spacial score (nSPS) is 23.7. The number of hydrogen-bond acceptors (Lipinski definition) is 4. The first-order valence-electron chi connectivity index (χ1n) is 6.38. The minimum atomic E-state index is 0.0378. The molecule has 0 unspecified atom stereocenters. The molecule has 2 heterocycles. The van der Waals surface area contributed by atoms with Crippen LogP contribution in [0.1, 0.15) is 26.2 Å². The molecule has 2 fully saturated rings. The second-order valence-electron chi connectivity index (χ2n) is 4.39. The number of likely N-dealkylation sites (N-methyl/N-ethyl adjacent to an activating group) is 1. The predicted molar refractivity (Wildman–Crippen MR) is 80.2 cm³/mol. The number of thioether (sulfide) groups is 1. The van der Waals surface area contributed by atoms with Crippen molar-refractivity contribution in [2.75, 3.05) is 19.6 Å². The highest BCUT2D eigenvalue weighted by molar-refractivity contribution is 8.26. The van der Waals surface area contributed by atoms with Gasteiger partial charge in [0.25, 0.3) is 5.91 Å². The number of carbonyl (C=O) groups excluding carboxylic acids is 1. The second kappa shape index (κ2) is 6.38. The summed E-state index contributed by atoms with van der Waals surface area (Å²) in [5, 5.41) is 0. The molecule has 2 rings (SSSR count). The van der Waals surface area contributed by atoms with Gasteiger partial charge in [0, 0.05) is 19.6 Å². The molecule has 5 heteroatoms. The lowest BCUT2D eigenvalue weighted by Crippen LogP contribution is -2.27. The van der Waals surface area contributed by atoms with Gasteiger partial charge in [0.1, 0.15) is 4.32 Å². The van der Waals surface area contributed by atoms with Crippen LogP contribution in [-0.4, -0.2) is 39.7 Å². The molecule has 0 saturated carbocycles. The Morgan fingerprint density at radius 2 is 2.06 bits per heavy atom. The quantitative estimate of drug-likeness (QED) is 0.586. The lowest BCUT2D eigenvalue weighted by Gasteiger charge is -2.24. The van der Waals surface area contributed by atoms with E-state index in [-0.39, 0.29) is 5.91 Å². The molecule has 0 atom stereocenters. The van der Waals surface area contributed by atoms with Gasteiger partial charge in [0.2, 0.25) is 0 Å². The highest BCUT2D eigenvalue weighted by atomic mass is 32.2. The fourth-order valence-corrected chi connectivity index (χ4v) is 3.44. The van der Waals surface area contributed by atoms with E-state index in [4.69, 9.17) is 12.2 Å². The van der Waals surface area contributed by atoms with Crippen molar-refractivity contribution >= 4 is 34.2 Å².